The van der Waals surface area contributed by atoms with Gasteiger partial charge in [0.05, 0.1) is 11.9 Å². The number of aromatic nitrogens is 4. The topological polar surface area (TPSA) is 99.2 Å². The molecule has 2 aliphatic heterocycles. The number of hydrogen-bond donors (Lipinski definition) is 2. The van der Waals surface area contributed by atoms with Gasteiger partial charge in [0.15, 0.2) is 0 Å². The van der Waals surface area contributed by atoms with E-state index in [0.717, 1.165) is 61.9 Å². The van der Waals surface area contributed by atoms with Gasteiger partial charge in [0.1, 0.15) is 18.0 Å². The molecule has 4 heterocycles. The van der Waals surface area contributed by atoms with Gasteiger partial charge in [-0.05, 0) is 6.42 Å². The molecule has 0 spiro atoms. The first kappa shape index (κ1) is 16.5. The van der Waals surface area contributed by atoms with Gasteiger partial charge in [-0.2, -0.15) is 0 Å². The standard InChI is InChI=1S/C17H22N8O/c26-17-21-6-10-25(17)9-5-20-16-13-1-7-24(15-11-18-3-4-19-15)8-2-14(13)22-12-23-16/h3-4,11-12H,1-2,5-10H2,(H,21,26)(H,20,22,23). The lowest BCUT2D eigenvalue weighted by molar-refractivity contribution is 0.219. The van der Waals surface area contributed by atoms with E-state index in [4.69, 9.17) is 0 Å². The highest BCUT2D eigenvalue weighted by molar-refractivity contribution is 5.76. The van der Waals surface area contributed by atoms with Crippen LogP contribution in [-0.2, 0) is 12.8 Å². The van der Waals surface area contributed by atoms with Crippen LogP contribution in [0, 0.1) is 0 Å². The normalized spacial score (nSPS) is 16.8. The molecule has 9 heteroatoms. The Bertz CT molecular complexity index is 769. The number of fused-ring (bicyclic) bond motifs is 1. The first-order chi connectivity index (χ1) is 12.8. The number of nitrogens with zero attached hydrogens (tertiary/aromatic N) is 6. The third kappa shape index (κ3) is 3.51. The van der Waals surface area contributed by atoms with Crippen molar-refractivity contribution < 1.29 is 4.79 Å². The van der Waals surface area contributed by atoms with Gasteiger partial charge < -0.3 is 20.4 Å². The van der Waals surface area contributed by atoms with Gasteiger partial charge in [0.2, 0.25) is 0 Å². The summed E-state index contributed by atoms with van der Waals surface area (Å²) in [6.45, 7) is 4.52. The lowest BCUT2D eigenvalue weighted by Crippen LogP contribution is -2.32. The van der Waals surface area contributed by atoms with Crippen LogP contribution in [0.15, 0.2) is 24.9 Å². The molecule has 0 atom stereocenters. The van der Waals surface area contributed by atoms with E-state index in [1.807, 2.05) is 4.90 Å². The monoisotopic (exact) mass is 354 g/mol. The summed E-state index contributed by atoms with van der Waals surface area (Å²) in [7, 11) is 0. The minimum absolute atomic E-state index is 0.00734. The first-order valence-corrected chi connectivity index (χ1v) is 8.91. The van der Waals surface area contributed by atoms with E-state index in [0.29, 0.717) is 13.1 Å². The van der Waals surface area contributed by atoms with Crippen molar-refractivity contribution in [2.24, 2.45) is 0 Å². The Kier molecular flexibility index (Phi) is 4.76. The molecule has 0 aliphatic carbocycles. The number of carbonyl (C=O) groups is 1. The summed E-state index contributed by atoms with van der Waals surface area (Å²) in [4.78, 5) is 33.1. The van der Waals surface area contributed by atoms with Gasteiger partial charge in [-0.1, -0.05) is 0 Å². The molecule has 1 saturated heterocycles. The molecule has 0 bridgehead atoms. The van der Waals surface area contributed by atoms with Crippen molar-refractivity contribution in [3.63, 3.8) is 0 Å². The van der Waals surface area contributed by atoms with E-state index in [1.165, 1.54) is 0 Å². The van der Waals surface area contributed by atoms with E-state index in [-0.39, 0.29) is 6.03 Å². The molecular formula is C17H22N8O. The largest absolute Gasteiger partial charge is 0.368 e. The molecule has 2 N–H and O–H groups in total. The third-order valence-corrected chi connectivity index (χ3v) is 4.78. The Morgan fingerprint density at radius 2 is 2.04 bits per heavy atom. The zero-order valence-corrected chi connectivity index (χ0v) is 14.6. The molecule has 0 radical (unpaired) electrons. The van der Waals surface area contributed by atoms with Gasteiger partial charge >= 0.3 is 6.03 Å². The maximum Gasteiger partial charge on any atom is 0.317 e. The van der Waals surface area contributed by atoms with E-state index < -0.39 is 0 Å². The van der Waals surface area contributed by atoms with Crippen LogP contribution in [0.3, 0.4) is 0 Å². The van der Waals surface area contributed by atoms with Crippen molar-refractivity contribution in [1.29, 1.82) is 0 Å². The quantitative estimate of drug-likeness (QED) is 0.797. The summed E-state index contributed by atoms with van der Waals surface area (Å²) < 4.78 is 0. The summed E-state index contributed by atoms with van der Waals surface area (Å²) >= 11 is 0. The predicted octanol–water partition coefficient (Wildman–Crippen LogP) is 0.309. The molecule has 0 aromatic carbocycles. The highest BCUT2D eigenvalue weighted by atomic mass is 16.2. The zero-order valence-electron chi connectivity index (χ0n) is 14.6. The minimum Gasteiger partial charge on any atom is -0.368 e. The Morgan fingerprint density at radius 1 is 1.12 bits per heavy atom. The third-order valence-electron chi connectivity index (χ3n) is 4.78. The number of rotatable bonds is 5. The fourth-order valence-corrected chi connectivity index (χ4v) is 3.40. The Morgan fingerprint density at radius 3 is 2.85 bits per heavy atom. The van der Waals surface area contributed by atoms with Crippen molar-refractivity contribution in [1.82, 2.24) is 30.2 Å². The van der Waals surface area contributed by atoms with Crippen molar-refractivity contribution in [2.45, 2.75) is 12.8 Å². The van der Waals surface area contributed by atoms with E-state index in [2.05, 4.69) is 35.5 Å². The van der Waals surface area contributed by atoms with Gasteiger partial charge in [0, 0.05) is 63.6 Å². The van der Waals surface area contributed by atoms with Crippen LogP contribution in [0.2, 0.25) is 0 Å². The maximum absolute atomic E-state index is 11.6. The van der Waals surface area contributed by atoms with Gasteiger partial charge in [-0.3, -0.25) is 4.98 Å². The summed E-state index contributed by atoms with van der Waals surface area (Å²) in [6.07, 6.45) is 8.50. The molecule has 0 unspecified atom stereocenters. The molecule has 2 aliphatic rings. The maximum atomic E-state index is 11.6. The zero-order chi connectivity index (χ0) is 17.8. The van der Waals surface area contributed by atoms with Crippen molar-refractivity contribution in [3.8, 4) is 0 Å². The molecule has 9 nitrogen and oxygen atoms in total. The summed E-state index contributed by atoms with van der Waals surface area (Å²) in [5.74, 6) is 1.76. The second kappa shape index (κ2) is 7.51. The smallest absolute Gasteiger partial charge is 0.317 e. The minimum atomic E-state index is 0.00734. The lowest BCUT2D eigenvalue weighted by Gasteiger charge is -2.20. The molecule has 2 amide bonds. The summed E-state index contributed by atoms with van der Waals surface area (Å²) in [6, 6.07) is 0.00734. The molecule has 2 aromatic rings. The van der Waals surface area contributed by atoms with Crippen LogP contribution >= 0.6 is 0 Å². The number of amides is 2. The van der Waals surface area contributed by atoms with Crippen molar-refractivity contribution in [2.75, 3.05) is 49.5 Å². The van der Waals surface area contributed by atoms with Crippen LogP contribution < -0.4 is 15.5 Å². The number of carbonyl (C=O) groups excluding carboxylic acids is 1. The average Bonchev–Trinajstić information content (AvgIpc) is 2.96. The predicted molar refractivity (Wildman–Crippen MR) is 97.1 cm³/mol. The van der Waals surface area contributed by atoms with Gasteiger partial charge in [-0.15, -0.1) is 0 Å². The molecule has 2 aromatic heterocycles. The summed E-state index contributed by atoms with van der Waals surface area (Å²) in [5.41, 5.74) is 2.23. The Balaban J connectivity index is 1.41. The van der Waals surface area contributed by atoms with Gasteiger partial charge in [0.25, 0.3) is 0 Å². The van der Waals surface area contributed by atoms with Crippen molar-refractivity contribution >= 4 is 17.7 Å². The van der Waals surface area contributed by atoms with Crippen LogP contribution in [0.25, 0.3) is 0 Å². The number of nitrogens with one attached hydrogen (secondary N) is 2. The number of urea groups is 1. The molecule has 1 fully saturated rings. The Hall–Kier alpha value is -2.97. The fourth-order valence-electron chi connectivity index (χ4n) is 3.40. The fraction of sp³-hybridized carbons (Fsp3) is 0.471. The Labute approximate surface area is 151 Å². The van der Waals surface area contributed by atoms with E-state index >= 15 is 0 Å². The SMILES string of the molecule is O=C1NCCN1CCNc1ncnc2c1CCN(c1cnccn1)CC2. The lowest BCUT2D eigenvalue weighted by atomic mass is 10.1. The second-order valence-corrected chi connectivity index (χ2v) is 6.34. The molecule has 26 heavy (non-hydrogen) atoms. The molecular weight excluding hydrogens is 332 g/mol. The molecule has 0 saturated carbocycles. The van der Waals surface area contributed by atoms with E-state index in [1.54, 1.807) is 24.9 Å². The van der Waals surface area contributed by atoms with Crippen LogP contribution in [0.1, 0.15) is 11.3 Å². The number of anilines is 2. The number of hydrogen-bond acceptors (Lipinski definition) is 7. The first-order valence-electron chi connectivity index (χ1n) is 8.91. The highest BCUT2D eigenvalue weighted by Gasteiger charge is 2.21. The summed E-state index contributed by atoms with van der Waals surface area (Å²) in [5, 5.41) is 6.20. The highest BCUT2D eigenvalue weighted by Crippen LogP contribution is 2.22. The average molecular weight is 354 g/mol. The molecule has 136 valence electrons. The van der Waals surface area contributed by atoms with Gasteiger partial charge in [-0.25, -0.2) is 19.7 Å². The van der Waals surface area contributed by atoms with Crippen LogP contribution in [-0.4, -0.2) is 70.1 Å². The van der Waals surface area contributed by atoms with E-state index in [9.17, 15) is 4.79 Å². The van der Waals surface area contributed by atoms with Crippen LogP contribution in [0.4, 0.5) is 16.4 Å². The van der Waals surface area contributed by atoms with Crippen LogP contribution in [0.5, 0.6) is 0 Å². The second-order valence-electron chi connectivity index (χ2n) is 6.34. The van der Waals surface area contributed by atoms with Crippen molar-refractivity contribution in [3.05, 3.63) is 36.2 Å². The molecule has 4 rings (SSSR count).